The summed E-state index contributed by atoms with van der Waals surface area (Å²) >= 11 is 0. The minimum absolute atomic E-state index is 0.122. The number of aliphatic hydroxyl groups excluding tert-OH is 1. The molecule has 5 rings (SSSR count). The van der Waals surface area contributed by atoms with Gasteiger partial charge in [0.05, 0.1) is 19.2 Å². The van der Waals surface area contributed by atoms with Gasteiger partial charge in [-0.15, -0.1) is 0 Å². The molecule has 3 aromatic rings. The van der Waals surface area contributed by atoms with Crippen LogP contribution in [0.5, 0.6) is 0 Å². The molecule has 2 aromatic carbocycles. The van der Waals surface area contributed by atoms with Gasteiger partial charge in [0, 0.05) is 43.6 Å². The van der Waals surface area contributed by atoms with Gasteiger partial charge < -0.3 is 19.1 Å². The standard InChI is InChI=1S/C31H34N4O3/c1-23(38-30-4-2-3-19-37-30)31-33-16-18-35(31)29(22-36)14-7-24-5-8-25(9-6-24)26-10-12-27(13-11-26)28-20-34(21-28)17-15-32/h5-6,8-13,16,18,23,28-30,36H,2-4,17,19-22H2,1H3/t23-,29-,30?/m0/s1. The predicted octanol–water partition coefficient (Wildman–Crippen LogP) is 4.66. The van der Waals surface area contributed by atoms with E-state index in [4.69, 9.17) is 14.7 Å². The number of aliphatic hydroxyl groups is 1. The minimum Gasteiger partial charge on any atom is -0.393 e. The maximum Gasteiger partial charge on any atom is 0.158 e. The largest absolute Gasteiger partial charge is 0.393 e. The first-order chi connectivity index (χ1) is 18.6. The molecule has 196 valence electrons. The van der Waals surface area contributed by atoms with E-state index in [0.29, 0.717) is 12.5 Å². The van der Waals surface area contributed by atoms with Gasteiger partial charge in [0.15, 0.2) is 6.29 Å². The normalized spacial score (nSPS) is 19.6. The summed E-state index contributed by atoms with van der Waals surface area (Å²) < 4.78 is 13.7. The fraction of sp³-hybridized carbons (Fsp3) is 0.419. The zero-order chi connectivity index (χ0) is 26.3. The first-order valence-corrected chi connectivity index (χ1v) is 13.4. The van der Waals surface area contributed by atoms with Crippen LogP contribution in [0.4, 0.5) is 0 Å². The van der Waals surface area contributed by atoms with Crippen molar-refractivity contribution in [1.29, 1.82) is 5.26 Å². The second-order valence-electron chi connectivity index (χ2n) is 9.98. The maximum atomic E-state index is 10.1. The summed E-state index contributed by atoms with van der Waals surface area (Å²) in [5.74, 6) is 7.66. The van der Waals surface area contributed by atoms with Crippen molar-refractivity contribution in [3.05, 3.63) is 77.9 Å². The van der Waals surface area contributed by atoms with Gasteiger partial charge in [-0.05, 0) is 55.0 Å². The number of benzene rings is 2. The monoisotopic (exact) mass is 510 g/mol. The van der Waals surface area contributed by atoms with Crippen LogP contribution in [0, 0.1) is 23.2 Å². The Morgan fingerprint density at radius 2 is 1.84 bits per heavy atom. The van der Waals surface area contributed by atoms with Crippen molar-refractivity contribution in [3.8, 4) is 29.0 Å². The molecule has 7 heteroatoms. The highest BCUT2D eigenvalue weighted by Gasteiger charge is 2.27. The molecule has 2 saturated heterocycles. The summed E-state index contributed by atoms with van der Waals surface area (Å²) in [5.41, 5.74) is 4.50. The van der Waals surface area contributed by atoms with Gasteiger partial charge in [0.2, 0.25) is 0 Å². The number of hydrogen-bond donors (Lipinski definition) is 1. The van der Waals surface area contributed by atoms with Crippen LogP contribution in [0.3, 0.4) is 0 Å². The lowest BCUT2D eigenvalue weighted by atomic mass is 9.90. The Balaban J connectivity index is 1.22. The second-order valence-corrected chi connectivity index (χ2v) is 9.98. The Kier molecular flexibility index (Phi) is 8.53. The Labute approximate surface area is 224 Å². The molecule has 38 heavy (non-hydrogen) atoms. The maximum absolute atomic E-state index is 10.1. The Morgan fingerprint density at radius 1 is 1.11 bits per heavy atom. The van der Waals surface area contributed by atoms with Gasteiger partial charge >= 0.3 is 0 Å². The second kappa shape index (κ2) is 12.4. The molecule has 0 spiro atoms. The number of nitriles is 1. The van der Waals surface area contributed by atoms with Crippen molar-refractivity contribution >= 4 is 0 Å². The van der Waals surface area contributed by atoms with E-state index >= 15 is 0 Å². The molecular formula is C31H34N4O3. The molecule has 0 saturated carbocycles. The first-order valence-electron chi connectivity index (χ1n) is 13.4. The molecule has 0 aliphatic carbocycles. The Hall–Kier alpha value is -3.46. The zero-order valence-electron chi connectivity index (χ0n) is 21.8. The van der Waals surface area contributed by atoms with Crippen LogP contribution < -0.4 is 0 Å². The molecule has 3 atom stereocenters. The van der Waals surface area contributed by atoms with Crippen LogP contribution in [0.15, 0.2) is 60.9 Å². The molecule has 1 aromatic heterocycles. The molecule has 1 N–H and O–H groups in total. The molecular weight excluding hydrogens is 476 g/mol. The number of hydrogen-bond acceptors (Lipinski definition) is 6. The van der Waals surface area contributed by atoms with Gasteiger partial charge in [-0.3, -0.25) is 4.90 Å². The van der Waals surface area contributed by atoms with Crippen LogP contribution in [-0.4, -0.2) is 58.7 Å². The Bertz CT molecular complexity index is 1290. The van der Waals surface area contributed by atoms with Gasteiger partial charge in [-0.25, -0.2) is 4.98 Å². The molecule has 2 aliphatic rings. The van der Waals surface area contributed by atoms with Crippen molar-refractivity contribution in [2.45, 2.75) is 50.5 Å². The number of likely N-dealkylation sites (tertiary alicyclic amines) is 1. The van der Waals surface area contributed by atoms with Gasteiger partial charge in [-0.2, -0.15) is 5.26 Å². The first kappa shape index (κ1) is 26.2. The summed E-state index contributed by atoms with van der Waals surface area (Å²) in [6.45, 7) is 4.98. The lowest BCUT2D eigenvalue weighted by Crippen LogP contribution is -2.44. The number of aromatic nitrogens is 2. The van der Waals surface area contributed by atoms with E-state index in [-0.39, 0.29) is 19.0 Å². The van der Waals surface area contributed by atoms with Gasteiger partial charge in [-0.1, -0.05) is 48.2 Å². The minimum atomic E-state index is -0.423. The van der Waals surface area contributed by atoms with Gasteiger partial charge in [0.1, 0.15) is 18.0 Å². The number of imidazole rings is 1. The molecule has 0 bridgehead atoms. The summed E-state index contributed by atoms with van der Waals surface area (Å²) in [5, 5.41) is 18.9. The average Bonchev–Trinajstić information content (AvgIpc) is 3.42. The van der Waals surface area contributed by atoms with Crippen LogP contribution in [0.2, 0.25) is 0 Å². The fourth-order valence-electron chi connectivity index (χ4n) is 5.08. The van der Waals surface area contributed by atoms with Crippen molar-refractivity contribution in [2.24, 2.45) is 0 Å². The van der Waals surface area contributed by atoms with Crippen LogP contribution in [-0.2, 0) is 9.47 Å². The molecule has 1 unspecified atom stereocenters. The van der Waals surface area contributed by atoms with E-state index in [0.717, 1.165) is 61.5 Å². The third kappa shape index (κ3) is 6.15. The summed E-state index contributed by atoms with van der Waals surface area (Å²) in [4.78, 5) is 6.64. The van der Waals surface area contributed by atoms with E-state index in [9.17, 15) is 5.11 Å². The highest BCUT2D eigenvalue weighted by molar-refractivity contribution is 5.64. The van der Waals surface area contributed by atoms with Crippen molar-refractivity contribution in [1.82, 2.24) is 14.5 Å². The lowest BCUT2D eigenvalue weighted by Gasteiger charge is -2.37. The zero-order valence-corrected chi connectivity index (χ0v) is 21.8. The predicted molar refractivity (Wildman–Crippen MR) is 145 cm³/mol. The van der Waals surface area contributed by atoms with Crippen LogP contribution >= 0.6 is 0 Å². The molecule has 2 aliphatic heterocycles. The Morgan fingerprint density at radius 3 is 2.50 bits per heavy atom. The quantitative estimate of drug-likeness (QED) is 0.351. The molecule has 3 heterocycles. The third-order valence-electron chi connectivity index (χ3n) is 7.30. The fourth-order valence-corrected chi connectivity index (χ4v) is 5.08. The van der Waals surface area contributed by atoms with E-state index in [2.05, 4.69) is 64.2 Å². The van der Waals surface area contributed by atoms with Crippen LogP contribution in [0.25, 0.3) is 11.1 Å². The lowest BCUT2D eigenvalue weighted by molar-refractivity contribution is -0.188. The SMILES string of the molecule is C[C@H](OC1CCCCO1)c1nccn1[C@@H](C#Cc1ccc(-c2ccc(C3CN(CC#N)C3)cc2)cc1)CO. The topological polar surface area (TPSA) is 83.5 Å². The average molecular weight is 511 g/mol. The molecule has 2 fully saturated rings. The van der Waals surface area contributed by atoms with Crippen molar-refractivity contribution < 1.29 is 14.6 Å². The smallest absolute Gasteiger partial charge is 0.158 e. The van der Waals surface area contributed by atoms with Crippen LogP contribution in [0.1, 0.15) is 61.2 Å². The summed E-state index contributed by atoms with van der Waals surface area (Å²) in [7, 11) is 0. The van der Waals surface area contributed by atoms with Gasteiger partial charge in [0.25, 0.3) is 0 Å². The van der Waals surface area contributed by atoms with E-state index in [1.165, 1.54) is 5.56 Å². The van der Waals surface area contributed by atoms with E-state index in [1.54, 1.807) is 6.20 Å². The summed E-state index contributed by atoms with van der Waals surface area (Å²) in [6, 6.07) is 18.7. The molecule has 0 radical (unpaired) electrons. The van der Waals surface area contributed by atoms with Crippen molar-refractivity contribution in [2.75, 3.05) is 32.8 Å². The highest BCUT2D eigenvalue weighted by atomic mass is 16.7. The molecule has 0 amide bonds. The summed E-state index contributed by atoms with van der Waals surface area (Å²) in [6.07, 6.45) is 6.13. The number of ether oxygens (including phenoxy) is 2. The number of nitrogens with zero attached hydrogens (tertiary/aromatic N) is 4. The highest BCUT2D eigenvalue weighted by Crippen LogP contribution is 2.29. The van der Waals surface area contributed by atoms with Crippen molar-refractivity contribution in [3.63, 3.8) is 0 Å². The van der Waals surface area contributed by atoms with E-state index in [1.807, 2.05) is 29.8 Å². The third-order valence-corrected chi connectivity index (χ3v) is 7.30. The number of rotatable bonds is 8. The van der Waals surface area contributed by atoms with E-state index < -0.39 is 6.04 Å². The molecule has 7 nitrogen and oxygen atoms in total.